The lowest BCUT2D eigenvalue weighted by molar-refractivity contribution is -0.126. The second-order valence-electron chi connectivity index (χ2n) is 7.72. The summed E-state index contributed by atoms with van der Waals surface area (Å²) in [5.41, 5.74) is 0.856. The number of ether oxygens (including phenoxy) is 1. The molecule has 0 spiro atoms. The Labute approximate surface area is 167 Å². The predicted octanol–water partition coefficient (Wildman–Crippen LogP) is 2.47. The topological polar surface area (TPSA) is 88.6 Å². The number of piperidine rings is 1. The van der Waals surface area contributed by atoms with Crippen molar-refractivity contribution in [1.82, 2.24) is 14.6 Å². The van der Waals surface area contributed by atoms with Crippen molar-refractivity contribution in [3.8, 4) is 5.88 Å². The molecule has 7 nitrogen and oxygen atoms in total. The van der Waals surface area contributed by atoms with Gasteiger partial charge in [0.25, 0.3) is 0 Å². The Balaban J connectivity index is 1.56. The number of pyridine rings is 1. The molecule has 2 aliphatic rings. The Kier molecular flexibility index (Phi) is 7.29. The van der Waals surface area contributed by atoms with Crippen LogP contribution in [0.5, 0.6) is 5.88 Å². The van der Waals surface area contributed by atoms with Crippen molar-refractivity contribution >= 4 is 15.9 Å². The van der Waals surface area contributed by atoms with Crippen LogP contribution in [0.2, 0.25) is 0 Å². The molecule has 2 fully saturated rings. The first-order chi connectivity index (χ1) is 13.5. The van der Waals surface area contributed by atoms with Crippen molar-refractivity contribution in [2.24, 2.45) is 5.92 Å². The Hall–Kier alpha value is -1.67. The lowest BCUT2D eigenvalue weighted by atomic mass is 9.99. The number of nitrogens with zero attached hydrogens (tertiary/aromatic N) is 2. The fourth-order valence-electron chi connectivity index (χ4n) is 3.95. The van der Waals surface area contributed by atoms with Crippen molar-refractivity contribution in [3.05, 3.63) is 23.9 Å². The summed E-state index contributed by atoms with van der Waals surface area (Å²) >= 11 is 0. The average molecular weight is 410 g/mol. The number of nitrogens with one attached hydrogen (secondary N) is 1. The molecule has 0 bridgehead atoms. The van der Waals surface area contributed by atoms with Crippen molar-refractivity contribution in [2.75, 3.05) is 18.8 Å². The second kappa shape index (κ2) is 9.69. The van der Waals surface area contributed by atoms with Gasteiger partial charge in [-0.05, 0) is 51.0 Å². The Morgan fingerprint density at radius 3 is 2.82 bits per heavy atom. The molecule has 0 unspecified atom stereocenters. The third-order valence-corrected chi connectivity index (χ3v) is 7.54. The van der Waals surface area contributed by atoms with Crippen molar-refractivity contribution in [2.45, 2.75) is 64.5 Å². The number of carbonyl (C=O) groups is 1. The van der Waals surface area contributed by atoms with Crippen molar-refractivity contribution < 1.29 is 17.9 Å². The molecule has 8 heteroatoms. The first-order valence-electron chi connectivity index (χ1n) is 10.4. The van der Waals surface area contributed by atoms with Crippen LogP contribution >= 0.6 is 0 Å². The van der Waals surface area contributed by atoms with Crippen LogP contribution in [0.1, 0.15) is 57.4 Å². The van der Waals surface area contributed by atoms with Gasteiger partial charge < -0.3 is 10.1 Å². The Morgan fingerprint density at radius 1 is 1.29 bits per heavy atom. The molecule has 1 saturated carbocycles. The van der Waals surface area contributed by atoms with Gasteiger partial charge in [-0.1, -0.05) is 13.0 Å². The highest BCUT2D eigenvalue weighted by atomic mass is 32.2. The number of rotatable bonds is 8. The number of carbonyl (C=O) groups excluding carboxylic acids is 1. The van der Waals surface area contributed by atoms with Gasteiger partial charge in [-0.25, -0.2) is 17.7 Å². The van der Waals surface area contributed by atoms with Crippen molar-refractivity contribution in [1.29, 1.82) is 0 Å². The van der Waals surface area contributed by atoms with E-state index in [4.69, 9.17) is 4.74 Å². The summed E-state index contributed by atoms with van der Waals surface area (Å²) in [7, 11) is -3.26. The average Bonchev–Trinajstić information content (AvgIpc) is 3.20. The molecule has 1 aromatic rings. The third-order valence-electron chi connectivity index (χ3n) is 5.49. The fourth-order valence-corrected chi connectivity index (χ4v) is 5.54. The maximum Gasteiger partial charge on any atom is 0.224 e. The fraction of sp³-hybridized carbons (Fsp3) is 0.700. The van der Waals surface area contributed by atoms with Gasteiger partial charge in [0.15, 0.2) is 0 Å². The second-order valence-corrected chi connectivity index (χ2v) is 9.81. The lowest BCUT2D eigenvalue weighted by Crippen LogP contribution is -2.45. The van der Waals surface area contributed by atoms with Gasteiger partial charge in [0.1, 0.15) is 6.10 Å². The highest BCUT2D eigenvalue weighted by molar-refractivity contribution is 7.89. The minimum absolute atomic E-state index is 0.105. The lowest BCUT2D eigenvalue weighted by Gasteiger charge is -2.31. The minimum Gasteiger partial charge on any atom is -0.474 e. The SMILES string of the molecule is CCCS(=O)(=O)N1CCC[C@H](C(=O)NCc2cccnc2OC2CCCC2)C1. The third kappa shape index (κ3) is 5.44. The molecule has 1 amide bonds. The zero-order valence-electron chi connectivity index (χ0n) is 16.6. The smallest absolute Gasteiger partial charge is 0.224 e. The van der Waals surface area contributed by atoms with Crippen LogP contribution in [0.25, 0.3) is 0 Å². The van der Waals surface area contributed by atoms with E-state index in [1.54, 1.807) is 6.20 Å². The molecule has 3 rings (SSSR count). The molecule has 1 saturated heterocycles. The zero-order valence-corrected chi connectivity index (χ0v) is 17.4. The van der Waals surface area contributed by atoms with E-state index >= 15 is 0 Å². The molecule has 0 radical (unpaired) electrons. The number of hydrogen-bond acceptors (Lipinski definition) is 5. The van der Waals surface area contributed by atoms with Crippen LogP contribution in [0.3, 0.4) is 0 Å². The van der Waals surface area contributed by atoms with Gasteiger partial charge in [-0.2, -0.15) is 0 Å². The minimum atomic E-state index is -3.26. The van der Waals surface area contributed by atoms with Gasteiger partial charge in [0.05, 0.1) is 11.7 Å². The molecule has 1 aliphatic heterocycles. The van der Waals surface area contributed by atoms with Crippen LogP contribution in [0.4, 0.5) is 0 Å². The van der Waals surface area contributed by atoms with Gasteiger partial charge in [-0.15, -0.1) is 0 Å². The van der Waals surface area contributed by atoms with Crippen LogP contribution in [-0.2, 0) is 21.4 Å². The van der Waals surface area contributed by atoms with E-state index < -0.39 is 10.0 Å². The molecular weight excluding hydrogens is 378 g/mol. The van der Waals surface area contributed by atoms with E-state index in [2.05, 4.69) is 10.3 Å². The Bertz CT molecular complexity index is 762. The van der Waals surface area contributed by atoms with Gasteiger partial charge in [0.2, 0.25) is 21.8 Å². The van der Waals surface area contributed by atoms with E-state index in [0.717, 1.165) is 18.4 Å². The van der Waals surface area contributed by atoms with Crippen LogP contribution in [0, 0.1) is 5.92 Å². The van der Waals surface area contributed by atoms with Crippen LogP contribution in [-0.4, -0.2) is 48.6 Å². The van der Waals surface area contributed by atoms with Gasteiger partial charge in [0, 0.05) is 31.4 Å². The van der Waals surface area contributed by atoms with Gasteiger partial charge >= 0.3 is 0 Å². The standard InChI is InChI=1S/C20H31N3O4S/c1-2-13-28(25,26)23-12-6-8-17(15-23)19(24)22-14-16-7-5-11-21-20(16)27-18-9-3-4-10-18/h5,7,11,17-18H,2-4,6,8-10,12-15H2,1H3,(H,22,24)/t17-/m0/s1. The quantitative estimate of drug-likeness (QED) is 0.712. The summed E-state index contributed by atoms with van der Waals surface area (Å²) in [4.78, 5) is 17.0. The van der Waals surface area contributed by atoms with E-state index in [1.165, 1.54) is 17.1 Å². The maximum atomic E-state index is 12.7. The Morgan fingerprint density at radius 2 is 2.07 bits per heavy atom. The summed E-state index contributed by atoms with van der Waals surface area (Å²) in [6.45, 7) is 2.97. The van der Waals surface area contributed by atoms with Crippen LogP contribution < -0.4 is 10.1 Å². The summed E-state index contributed by atoms with van der Waals surface area (Å²) in [5.74, 6) is 0.313. The van der Waals surface area contributed by atoms with Gasteiger partial charge in [-0.3, -0.25) is 4.79 Å². The van der Waals surface area contributed by atoms with Crippen LogP contribution in [0.15, 0.2) is 18.3 Å². The first kappa shape index (κ1) is 21.0. The number of sulfonamides is 1. The number of hydrogen-bond donors (Lipinski definition) is 1. The van der Waals surface area contributed by atoms with Crippen molar-refractivity contribution in [3.63, 3.8) is 0 Å². The summed E-state index contributed by atoms with van der Waals surface area (Å²) in [6, 6.07) is 3.75. The summed E-state index contributed by atoms with van der Waals surface area (Å²) in [5, 5.41) is 2.96. The molecule has 1 aliphatic carbocycles. The summed E-state index contributed by atoms with van der Waals surface area (Å²) in [6.07, 6.45) is 8.38. The molecule has 156 valence electrons. The van der Waals surface area contributed by atoms with E-state index in [1.807, 2.05) is 19.1 Å². The molecule has 1 atom stereocenters. The molecule has 1 aromatic heterocycles. The normalized spacial score (nSPS) is 21.5. The van der Waals surface area contributed by atoms with E-state index in [0.29, 0.717) is 38.2 Å². The highest BCUT2D eigenvalue weighted by Crippen LogP contribution is 2.25. The zero-order chi connectivity index (χ0) is 20.0. The number of amides is 1. The molecule has 0 aromatic carbocycles. The molecule has 2 heterocycles. The number of aromatic nitrogens is 1. The molecule has 1 N–H and O–H groups in total. The highest BCUT2D eigenvalue weighted by Gasteiger charge is 2.31. The monoisotopic (exact) mass is 409 g/mol. The molecule has 28 heavy (non-hydrogen) atoms. The summed E-state index contributed by atoms with van der Waals surface area (Å²) < 4.78 is 32.1. The predicted molar refractivity (Wildman–Crippen MR) is 107 cm³/mol. The maximum absolute atomic E-state index is 12.7. The largest absolute Gasteiger partial charge is 0.474 e. The van der Waals surface area contributed by atoms with E-state index in [9.17, 15) is 13.2 Å². The van der Waals surface area contributed by atoms with E-state index in [-0.39, 0.29) is 30.2 Å². The molecular formula is C20H31N3O4S. The first-order valence-corrected chi connectivity index (χ1v) is 12.0.